The summed E-state index contributed by atoms with van der Waals surface area (Å²) < 4.78 is 5.01. The highest BCUT2D eigenvalue weighted by Crippen LogP contribution is 2.13. The van der Waals surface area contributed by atoms with Crippen LogP contribution in [0.1, 0.15) is 13.3 Å². The van der Waals surface area contributed by atoms with Crippen molar-refractivity contribution >= 4 is 23.6 Å². The Hall–Kier alpha value is -2.57. The van der Waals surface area contributed by atoms with Crippen LogP contribution in [0.4, 0.5) is 10.5 Å². The lowest BCUT2D eigenvalue weighted by atomic mass is 10.2. The van der Waals surface area contributed by atoms with Crippen molar-refractivity contribution in [3.63, 3.8) is 0 Å². The van der Waals surface area contributed by atoms with Gasteiger partial charge in [-0.15, -0.1) is 0 Å². The van der Waals surface area contributed by atoms with Crippen LogP contribution >= 0.6 is 0 Å². The summed E-state index contributed by atoms with van der Waals surface area (Å²) in [4.78, 5) is 35.5. The van der Waals surface area contributed by atoms with Gasteiger partial charge in [-0.1, -0.05) is 18.2 Å². The van der Waals surface area contributed by atoms with Crippen LogP contribution < -0.4 is 16.0 Å². The van der Waals surface area contributed by atoms with Gasteiger partial charge >= 0.3 is 12.0 Å². The van der Waals surface area contributed by atoms with E-state index in [0.717, 1.165) is 0 Å². The molecule has 0 aliphatic rings. The first kappa shape index (κ1) is 16.5. The van der Waals surface area contributed by atoms with E-state index in [4.69, 9.17) is 10.5 Å². The first-order valence-electron chi connectivity index (χ1n) is 6.47. The van der Waals surface area contributed by atoms with Gasteiger partial charge in [0.15, 0.2) is 6.10 Å². The molecule has 1 atom stereocenters. The number of urea groups is 1. The van der Waals surface area contributed by atoms with E-state index in [1.165, 1.54) is 11.8 Å². The van der Waals surface area contributed by atoms with Crippen molar-refractivity contribution in [3.8, 4) is 0 Å². The molecule has 0 aliphatic heterocycles. The van der Waals surface area contributed by atoms with E-state index < -0.39 is 18.1 Å². The number of nitrogens with one attached hydrogen (secondary N) is 1. The molecular formula is C14H19N3O4. The van der Waals surface area contributed by atoms with Crippen LogP contribution in [0.2, 0.25) is 0 Å². The van der Waals surface area contributed by atoms with Crippen molar-refractivity contribution in [2.75, 3.05) is 18.5 Å². The molecule has 0 fully saturated rings. The van der Waals surface area contributed by atoms with Crippen molar-refractivity contribution in [2.45, 2.75) is 19.4 Å². The molecule has 3 N–H and O–H groups in total. The molecule has 1 rings (SSSR count). The van der Waals surface area contributed by atoms with Crippen LogP contribution in [0.25, 0.3) is 0 Å². The highest BCUT2D eigenvalue weighted by atomic mass is 16.5. The first-order valence-corrected chi connectivity index (χ1v) is 6.47. The van der Waals surface area contributed by atoms with Crippen molar-refractivity contribution in [1.82, 2.24) is 5.32 Å². The Morgan fingerprint density at radius 3 is 2.48 bits per heavy atom. The molecule has 1 aromatic rings. The molecular weight excluding hydrogens is 274 g/mol. The van der Waals surface area contributed by atoms with Crippen molar-refractivity contribution < 1.29 is 19.1 Å². The molecule has 0 aromatic heterocycles. The number of hydrogen-bond donors (Lipinski definition) is 2. The number of para-hydroxylation sites is 1. The van der Waals surface area contributed by atoms with Crippen LogP contribution in [0.15, 0.2) is 30.3 Å². The molecule has 0 saturated heterocycles. The van der Waals surface area contributed by atoms with E-state index >= 15 is 0 Å². The minimum atomic E-state index is -0.906. The van der Waals surface area contributed by atoms with E-state index in [-0.39, 0.29) is 18.9 Å². The van der Waals surface area contributed by atoms with Crippen LogP contribution in [0.3, 0.4) is 0 Å². The third-order valence-corrected chi connectivity index (χ3v) is 2.76. The predicted octanol–water partition coefficient (Wildman–Crippen LogP) is 0.640. The summed E-state index contributed by atoms with van der Waals surface area (Å²) in [5.41, 5.74) is 5.58. The van der Waals surface area contributed by atoms with Gasteiger partial charge in [-0.05, 0) is 19.1 Å². The summed E-state index contributed by atoms with van der Waals surface area (Å²) in [6.07, 6.45) is -0.952. The zero-order valence-corrected chi connectivity index (χ0v) is 12.0. The number of rotatable bonds is 6. The van der Waals surface area contributed by atoms with Gasteiger partial charge in [0, 0.05) is 19.3 Å². The van der Waals surface area contributed by atoms with E-state index in [9.17, 15) is 14.4 Å². The molecule has 0 spiro atoms. The number of esters is 1. The largest absolute Gasteiger partial charge is 0.452 e. The van der Waals surface area contributed by atoms with E-state index in [1.54, 1.807) is 19.2 Å². The van der Waals surface area contributed by atoms with Crippen LogP contribution in [-0.4, -0.2) is 37.6 Å². The fourth-order valence-electron chi connectivity index (χ4n) is 1.65. The monoisotopic (exact) mass is 293 g/mol. The summed E-state index contributed by atoms with van der Waals surface area (Å²) in [6, 6.07) is 8.32. The topological polar surface area (TPSA) is 102 Å². The third kappa shape index (κ3) is 5.52. The normalized spacial score (nSPS) is 11.3. The fourth-order valence-corrected chi connectivity index (χ4v) is 1.65. The minimum absolute atomic E-state index is 0.0460. The standard InChI is InChI=1S/C14H19N3O4/c1-10(21-12(18)8-9-16-14(15)20)13(19)17(2)11-6-4-3-5-7-11/h3-7,10H,8-9H2,1-2H3,(H3,15,16,20)/t10-/m0/s1. The number of carbonyl (C=O) groups is 3. The van der Waals surface area contributed by atoms with Gasteiger partial charge in [0.2, 0.25) is 0 Å². The molecule has 0 unspecified atom stereocenters. The molecule has 7 heteroatoms. The average molecular weight is 293 g/mol. The second-order valence-corrected chi connectivity index (χ2v) is 4.41. The first-order chi connectivity index (χ1) is 9.91. The maximum absolute atomic E-state index is 12.1. The number of nitrogens with zero attached hydrogens (tertiary/aromatic N) is 1. The number of ether oxygens (including phenoxy) is 1. The third-order valence-electron chi connectivity index (χ3n) is 2.76. The zero-order chi connectivity index (χ0) is 15.8. The Kier molecular flexibility index (Phi) is 6.19. The van der Waals surface area contributed by atoms with Gasteiger partial charge in [0.05, 0.1) is 6.42 Å². The summed E-state index contributed by atoms with van der Waals surface area (Å²) >= 11 is 0. The maximum Gasteiger partial charge on any atom is 0.312 e. The molecule has 0 radical (unpaired) electrons. The molecule has 1 aromatic carbocycles. The van der Waals surface area contributed by atoms with Crippen molar-refractivity contribution in [2.24, 2.45) is 5.73 Å². The average Bonchev–Trinajstić information content (AvgIpc) is 2.46. The zero-order valence-electron chi connectivity index (χ0n) is 12.0. The van der Waals surface area contributed by atoms with Gasteiger partial charge in [0.25, 0.3) is 5.91 Å². The molecule has 114 valence electrons. The van der Waals surface area contributed by atoms with Crippen molar-refractivity contribution in [3.05, 3.63) is 30.3 Å². The lowest BCUT2D eigenvalue weighted by molar-refractivity contribution is -0.153. The quantitative estimate of drug-likeness (QED) is 0.751. The second kappa shape index (κ2) is 7.88. The molecule has 0 heterocycles. The van der Waals surface area contributed by atoms with Crippen LogP contribution in [0.5, 0.6) is 0 Å². The molecule has 7 nitrogen and oxygen atoms in total. The van der Waals surface area contributed by atoms with Crippen LogP contribution in [-0.2, 0) is 14.3 Å². The number of carbonyl (C=O) groups excluding carboxylic acids is 3. The van der Waals surface area contributed by atoms with Gasteiger partial charge in [-0.25, -0.2) is 4.79 Å². The molecule has 3 amide bonds. The number of primary amides is 1. The Balaban J connectivity index is 2.47. The van der Waals surface area contributed by atoms with Crippen molar-refractivity contribution in [1.29, 1.82) is 0 Å². The number of anilines is 1. The smallest absolute Gasteiger partial charge is 0.312 e. The Morgan fingerprint density at radius 2 is 1.90 bits per heavy atom. The summed E-state index contributed by atoms with van der Waals surface area (Å²) in [5.74, 6) is -0.913. The Morgan fingerprint density at radius 1 is 1.29 bits per heavy atom. The highest BCUT2D eigenvalue weighted by molar-refractivity contribution is 5.96. The number of benzene rings is 1. The molecule has 0 saturated carbocycles. The summed E-state index contributed by atoms with van der Waals surface area (Å²) in [6.45, 7) is 1.57. The SMILES string of the molecule is C[C@H](OC(=O)CCNC(N)=O)C(=O)N(C)c1ccccc1. The highest BCUT2D eigenvalue weighted by Gasteiger charge is 2.22. The van der Waals surface area contributed by atoms with Gasteiger partial charge in [0.1, 0.15) is 0 Å². The summed E-state index contributed by atoms with van der Waals surface area (Å²) in [5, 5.41) is 2.27. The Bertz CT molecular complexity index is 504. The number of likely N-dealkylation sites (N-methyl/N-ethyl adjacent to an activating group) is 1. The fraction of sp³-hybridized carbons (Fsp3) is 0.357. The van der Waals surface area contributed by atoms with Gasteiger partial charge in [-0.3, -0.25) is 9.59 Å². The van der Waals surface area contributed by atoms with E-state index in [1.807, 2.05) is 18.2 Å². The van der Waals surface area contributed by atoms with E-state index in [0.29, 0.717) is 5.69 Å². The lowest BCUT2D eigenvalue weighted by Gasteiger charge is -2.21. The number of amides is 3. The number of hydrogen-bond acceptors (Lipinski definition) is 4. The minimum Gasteiger partial charge on any atom is -0.452 e. The Labute approximate surface area is 123 Å². The van der Waals surface area contributed by atoms with E-state index in [2.05, 4.69) is 5.32 Å². The summed E-state index contributed by atoms with van der Waals surface area (Å²) in [7, 11) is 1.61. The van der Waals surface area contributed by atoms with Gasteiger partial charge in [-0.2, -0.15) is 0 Å². The van der Waals surface area contributed by atoms with Gasteiger partial charge < -0.3 is 20.7 Å². The molecule has 21 heavy (non-hydrogen) atoms. The van der Waals surface area contributed by atoms with Crippen LogP contribution in [0, 0.1) is 0 Å². The predicted molar refractivity (Wildman–Crippen MR) is 77.6 cm³/mol. The second-order valence-electron chi connectivity index (χ2n) is 4.41. The molecule has 0 aliphatic carbocycles. The maximum atomic E-state index is 12.1. The number of nitrogens with two attached hydrogens (primary N) is 1. The lowest BCUT2D eigenvalue weighted by Crippen LogP contribution is -2.38. The molecule has 0 bridgehead atoms.